The number of hydrogen-bond donors (Lipinski definition) is 1. The normalized spacial score (nSPS) is 20.7. The number of carbonyl (C=O) groups is 1. The van der Waals surface area contributed by atoms with Crippen molar-refractivity contribution in [1.82, 2.24) is 14.7 Å². The Bertz CT molecular complexity index is 698. The molecule has 0 spiro atoms. The molecule has 0 aromatic carbocycles. The fourth-order valence-corrected chi connectivity index (χ4v) is 3.92. The third kappa shape index (κ3) is 4.83. The predicted molar refractivity (Wildman–Crippen MR) is 102 cm³/mol. The minimum absolute atomic E-state index is 0.224. The summed E-state index contributed by atoms with van der Waals surface area (Å²) in [5, 5.41) is 3.13. The Morgan fingerprint density at radius 2 is 2.12 bits per heavy atom. The molecule has 136 valence electrons. The molecule has 1 amide bonds. The number of amides is 1. The van der Waals surface area contributed by atoms with E-state index in [1.165, 1.54) is 37.7 Å². The molecule has 4 nitrogen and oxygen atoms in total. The van der Waals surface area contributed by atoms with Crippen molar-refractivity contribution in [2.24, 2.45) is 11.8 Å². The highest BCUT2D eigenvalue weighted by atomic mass is 16.1. The number of hydrogen-bond acceptors (Lipinski definition) is 2. The van der Waals surface area contributed by atoms with Crippen LogP contribution >= 0.6 is 0 Å². The number of rotatable bonds is 7. The van der Waals surface area contributed by atoms with Gasteiger partial charge in [-0.15, -0.1) is 0 Å². The Labute approximate surface area is 151 Å². The zero-order valence-electron chi connectivity index (χ0n) is 15.6. The van der Waals surface area contributed by atoms with Crippen molar-refractivity contribution in [3.63, 3.8) is 0 Å². The van der Waals surface area contributed by atoms with E-state index in [-0.39, 0.29) is 11.8 Å². The summed E-state index contributed by atoms with van der Waals surface area (Å²) >= 11 is 0. The quantitative estimate of drug-likeness (QED) is 0.816. The van der Waals surface area contributed by atoms with Gasteiger partial charge in [-0.1, -0.05) is 26.2 Å². The first kappa shape index (κ1) is 18.0. The van der Waals surface area contributed by atoms with Crippen LogP contribution in [-0.2, 0) is 11.2 Å². The van der Waals surface area contributed by atoms with Crippen LogP contribution in [0.25, 0.3) is 5.65 Å². The van der Waals surface area contributed by atoms with E-state index >= 15 is 0 Å². The average Bonchev–Trinajstić information content (AvgIpc) is 3.02. The van der Waals surface area contributed by atoms with Crippen molar-refractivity contribution < 1.29 is 4.79 Å². The van der Waals surface area contributed by atoms with Crippen molar-refractivity contribution in [2.45, 2.75) is 65.2 Å². The Kier molecular flexibility index (Phi) is 6.11. The molecule has 0 atom stereocenters. The van der Waals surface area contributed by atoms with Gasteiger partial charge in [0.25, 0.3) is 0 Å². The van der Waals surface area contributed by atoms with Gasteiger partial charge in [-0.25, -0.2) is 4.98 Å². The van der Waals surface area contributed by atoms with E-state index in [0.717, 1.165) is 36.5 Å². The number of aryl methyl sites for hydroxylation is 1. The molecule has 4 heteroatoms. The van der Waals surface area contributed by atoms with Crippen LogP contribution in [0, 0.1) is 18.8 Å². The highest BCUT2D eigenvalue weighted by Crippen LogP contribution is 2.31. The summed E-state index contributed by atoms with van der Waals surface area (Å²) in [6.07, 6.45) is 13.4. The van der Waals surface area contributed by atoms with Crippen LogP contribution in [0.4, 0.5) is 0 Å². The lowest BCUT2D eigenvalue weighted by Crippen LogP contribution is -2.34. The van der Waals surface area contributed by atoms with E-state index in [1.807, 2.05) is 10.6 Å². The molecule has 0 saturated heterocycles. The highest BCUT2D eigenvalue weighted by molar-refractivity contribution is 5.78. The van der Waals surface area contributed by atoms with Gasteiger partial charge in [-0.05, 0) is 56.2 Å². The first-order chi connectivity index (χ1) is 12.2. The minimum Gasteiger partial charge on any atom is -0.355 e. The monoisotopic (exact) mass is 341 g/mol. The minimum atomic E-state index is 0.224. The van der Waals surface area contributed by atoms with Gasteiger partial charge < -0.3 is 9.72 Å². The summed E-state index contributed by atoms with van der Waals surface area (Å²) in [7, 11) is 0. The Hall–Kier alpha value is -1.84. The molecule has 2 aromatic rings. The number of pyridine rings is 1. The fraction of sp³-hybridized carbons (Fsp3) is 0.619. The second kappa shape index (κ2) is 8.50. The lowest BCUT2D eigenvalue weighted by atomic mass is 9.79. The van der Waals surface area contributed by atoms with Gasteiger partial charge in [0.05, 0.1) is 5.69 Å². The number of nitrogens with zero attached hydrogens (tertiary/aromatic N) is 2. The van der Waals surface area contributed by atoms with Crippen LogP contribution in [0.15, 0.2) is 24.5 Å². The molecule has 0 aliphatic heterocycles. The number of nitrogens with one attached hydrogen (secondary N) is 1. The summed E-state index contributed by atoms with van der Waals surface area (Å²) in [6.45, 7) is 5.01. The molecule has 1 fully saturated rings. The van der Waals surface area contributed by atoms with Crippen LogP contribution in [0.2, 0.25) is 0 Å². The molecule has 1 N–H and O–H groups in total. The van der Waals surface area contributed by atoms with Gasteiger partial charge in [-0.3, -0.25) is 4.79 Å². The topological polar surface area (TPSA) is 46.4 Å². The van der Waals surface area contributed by atoms with Crippen LogP contribution < -0.4 is 5.32 Å². The maximum absolute atomic E-state index is 12.4. The van der Waals surface area contributed by atoms with Crippen LogP contribution in [0.1, 0.15) is 63.1 Å². The third-order valence-corrected chi connectivity index (χ3v) is 5.53. The zero-order valence-corrected chi connectivity index (χ0v) is 15.6. The summed E-state index contributed by atoms with van der Waals surface area (Å²) < 4.78 is 2.04. The molecule has 0 bridgehead atoms. The zero-order chi connectivity index (χ0) is 17.6. The van der Waals surface area contributed by atoms with Gasteiger partial charge >= 0.3 is 0 Å². The Morgan fingerprint density at radius 3 is 2.88 bits per heavy atom. The molecule has 1 saturated carbocycles. The molecule has 1 aliphatic carbocycles. The van der Waals surface area contributed by atoms with E-state index in [2.05, 4.69) is 42.5 Å². The van der Waals surface area contributed by atoms with Gasteiger partial charge in [0.2, 0.25) is 5.91 Å². The summed E-state index contributed by atoms with van der Waals surface area (Å²) in [4.78, 5) is 17.0. The fourth-order valence-electron chi connectivity index (χ4n) is 3.92. The molecule has 3 rings (SSSR count). The summed E-state index contributed by atoms with van der Waals surface area (Å²) in [5.74, 6) is 1.32. The van der Waals surface area contributed by atoms with E-state index in [0.29, 0.717) is 6.54 Å². The van der Waals surface area contributed by atoms with Crippen molar-refractivity contribution in [2.75, 3.05) is 6.54 Å². The van der Waals surface area contributed by atoms with Gasteiger partial charge in [-0.2, -0.15) is 0 Å². The Morgan fingerprint density at radius 1 is 1.32 bits per heavy atom. The van der Waals surface area contributed by atoms with E-state index in [1.54, 1.807) is 0 Å². The number of aromatic nitrogens is 2. The van der Waals surface area contributed by atoms with Crippen LogP contribution in [0.3, 0.4) is 0 Å². The molecule has 2 heterocycles. The smallest absolute Gasteiger partial charge is 0.223 e. The summed E-state index contributed by atoms with van der Waals surface area (Å²) in [6, 6.07) is 4.16. The maximum Gasteiger partial charge on any atom is 0.223 e. The van der Waals surface area contributed by atoms with Crippen LogP contribution in [0.5, 0.6) is 0 Å². The SMILES string of the molecule is CCCCC1CCC(C(=O)NCCc2cn3ccc(C)cc3n2)CC1. The molecular weight excluding hydrogens is 310 g/mol. The van der Waals surface area contributed by atoms with Gasteiger partial charge in [0.15, 0.2) is 0 Å². The number of unbranched alkanes of at least 4 members (excludes halogenated alkanes) is 1. The van der Waals surface area contributed by atoms with Crippen molar-refractivity contribution >= 4 is 11.6 Å². The molecule has 0 radical (unpaired) electrons. The third-order valence-electron chi connectivity index (χ3n) is 5.53. The van der Waals surface area contributed by atoms with Crippen molar-refractivity contribution in [3.05, 3.63) is 35.8 Å². The second-order valence-corrected chi connectivity index (χ2v) is 7.60. The van der Waals surface area contributed by atoms with Crippen LogP contribution in [-0.4, -0.2) is 21.8 Å². The first-order valence-electron chi connectivity index (χ1n) is 9.87. The average molecular weight is 341 g/mol. The lowest BCUT2D eigenvalue weighted by Gasteiger charge is -2.27. The first-order valence-corrected chi connectivity index (χ1v) is 9.87. The predicted octanol–water partition coefficient (Wildman–Crippen LogP) is 4.30. The molecule has 1 aliphatic rings. The number of fused-ring (bicyclic) bond motifs is 1. The largest absolute Gasteiger partial charge is 0.355 e. The highest BCUT2D eigenvalue weighted by Gasteiger charge is 2.25. The molecule has 0 unspecified atom stereocenters. The van der Waals surface area contributed by atoms with E-state index in [4.69, 9.17) is 0 Å². The molecule has 25 heavy (non-hydrogen) atoms. The van der Waals surface area contributed by atoms with E-state index in [9.17, 15) is 4.79 Å². The molecular formula is C21H31N3O. The number of imidazole rings is 1. The Balaban J connectivity index is 1.41. The van der Waals surface area contributed by atoms with Gasteiger partial charge in [0, 0.05) is 31.3 Å². The van der Waals surface area contributed by atoms with Crippen molar-refractivity contribution in [3.8, 4) is 0 Å². The number of carbonyl (C=O) groups excluding carboxylic acids is 1. The van der Waals surface area contributed by atoms with Gasteiger partial charge in [0.1, 0.15) is 5.65 Å². The van der Waals surface area contributed by atoms with Crippen molar-refractivity contribution in [1.29, 1.82) is 0 Å². The van der Waals surface area contributed by atoms with E-state index < -0.39 is 0 Å². The lowest BCUT2D eigenvalue weighted by molar-refractivity contribution is -0.126. The standard InChI is InChI=1S/C21H31N3O/c1-3-4-5-17-6-8-18(9-7-17)21(25)22-12-10-19-15-24-13-11-16(2)14-20(24)23-19/h11,13-15,17-18H,3-10,12H2,1-2H3,(H,22,25). The second-order valence-electron chi connectivity index (χ2n) is 7.60. The molecule has 2 aromatic heterocycles. The maximum atomic E-state index is 12.4. The summed E-state index contributed by atoms with van der Waals surface area (Å²) in [5.41, 5.74) is 3.23.